The second kappa shape index (κ2) is 5.79. The third-order valence-electron chi connectivity index (χ3n) is 3.15. The number of aliphatic hydroxyl groups is 1. The van der Waals surface area contributed by atoms with Gasteiger partial charge in [0.2, 0.25) is 0 Å². The Hall–Kier alpha value is -0.950. The molecule has 1 aliphatic heterocycles. The van der Waals surface area contributed by atoms with Gasteiger partial charge in [0.25, 0.3) is 0 Å². The summed E-state index contributed by atoms with van der Waals surface area (Å²) >= 11 is 5.95. The van der Waals surface area contributed by atoms with Crippen LogP contribution in [0.5, 0.6) is 0 Å². The average molecular weight is 274 g/mol. The van der Waals surface area contributed by atoms with Crippen LogP contribution in [0.1, 0.15) is 5.56 Å². The Morgan fingerprint density at radius 1 is 1.33 bits per heavy atom. The van der Waals surface area contributed by atoms with Crippen LogP contribution in [0.2, 0.25) is 5.15 Å². The van der Waals surface area contributed by atoms with Crippen LogP contribution >= 0.6 is 11.6 Å². The van der Waals surface area contributed by atoms with Gasteiger partial charge >= 0.3 is 0 Å². The zero-order valence-electron chi connectivity index (χ0n) is 10.3. The lowest BCUT2D eigenvalue weighted by Crippen LogP contribution is -2.27. The van der Waals surface area contributed by atoms with Gasteiger partial charge in [-0.2, -0.15) is 0 Å². The molecular formula is C11H16ClN3O3. The molecule has 2 unspecified atom stereocenters. The zero-order valence-corrected chi connectivity index (χ0v) is 11.1. The Morgan fingerprint density at radius 2 is 1.94 bits per heavy atom. The van der Waals surface area contributed by atoms with E-state index >= 15 is 0 Å². The van der Waals surface area contributed by atoms with Gasteiger partial charge in [-0.15, -0.1) is 0 Å². The molecule has 1 aromatic rings. The van der Waals surface area contributed by atoms with Gasteiger partial charge in [-0.05, 0) is 0 Å². The number of nitrogens with zero attached hydrogens (tertiary/aromatic N) is 3. The van der Waals surface area contributed by atoms with Crippen molar-refractivity contribution in [2.75, 3.05) is 32.2 Å². The molecule has 100 valence electrons. The summed E-state index contributed by atoms with van der Waals surface area (Å²) in [6.07, 6.45) is 1.35. The Kier molecular flexibility index (Phi) is 4.34. The predicted octanol–water partition coefficient (Wildman–Crippen LogP) is 0.472. The Labute approximate surface area is 111 Å². The summed E-state index contributed by atoms with van der Waals surface area (Å²) < 4.78 is 10.7. The van der Waals surface area contributed by atoms with Crippen LogP contribution in [0.15, 0.2) is 6.33 Å². The van der Waals surface area contributed by atoms with E-state index in [0.717, 1.165) is 0 Å². The lowest BCUT2D eigenvalue weighted by molar-refractivity contribution is -0.00461. The minimum atomic E-state index is -0.194. The maximum Gasteiger partial charge on any atom is 0.140 e. The molecular weight excluding hydrogens is 258 g/mol. The number of anilines is 1. The van der Waals surface area contributed by atoms with Crippen LogP contribution < -0.4 is 4.90 Å². The van der Waals surface area contributed by atoms with Crippen LogP contribution in [0.4, 0.5) is 5.82 Å². The number of aliphatic hydroxyl groups excluding tert-OH is 1. The topological polar surface area (TPSA) is 67.7 Å². The first-order valence-corrected chi connectivity index (χ1v) is 5.99. The molecule has 2 atom stereocenters. The van der Waals surface area contributed by atoms with Crippen molar-refractivity contribution < 1.29 is 14.6 Å². The van der Waals surface area contributed by atoms with E-state index in [1.165, 1.54) is 6.33 Å². The third-order valence-corrected chi connectivity index (χ3v) is 3.47. The second-order valence-electron chi connectivity index (χ2n) is 4.08. The summed E-state index contributed by atoms with van der Waals surface area (Å²) in [5.41, 5.74) is 0.533. The van der Waals surface area contributed by atoms with E-state index in [2.05, 4.69) is 9.97 Å². The smallest absolute Gasteiger partial charge is 0.140 e. The number of halogens is 1. The molecule has 0 amide bonds. The number of methoxy groups -OCH3 is 2. The maximum absolute atomic E-state index is 9.35. The van der Waals surface area contributed by atoms with E-state index in [9.17, 15) is 5.11 Å². The van der Waals surface area contributed by atoms with Crippen LogP contribution in [0.3, 0.4) is 0 Å². The number of rotatable bonds is 4. The fourth-order valence-corrected chi connectivity index (χ4v) is 2.35. The molecule has 1 saturated heterocycles. The summed E-state index contributed by atoms with van der Waals surface area (Å²) in [4.78, 5) is 10.0. The van der Waals surface area contributed by atoms with E-state index in [1.807, 2.05) is 4.90 Å². The fourth-order valence-electron chi connectivity index (χ4n) is 2.16. The van der Waals surface area contributed by atoms with Crippen molar-refractivity contribution in [1.82, 2.24) is 9.97 Å². The zero-order chi connectivity index (χ0) is 13.1. The minimum Gasteiger partial charge on any atom is -0.391 e. The van der Waals surface area contributed by atoms with Crippen molar-refractivity contribution in [2.24, 2.45) is 0 Å². The van der Waals surface area contributed by atoms with Gasteiger partial charge in [-0.3, -0.25) is 0 Å². The Morgan fingerprint density at radius 3 is 2.44 bits per heavy atom. The van der Waals surface area contributed by atoms with Gasteiger partial charge in [0.1, 0.15) is 29.5 Å². The van der Waals surface area contributed by atoms with E-state index in [-0.39, 0.29) is 24.0 Å². The molecule has 0 bridgehead atoms. The first-order chi connectivity index (χ1) is 8.71. The lowest BCUT2D eigenvalue weighted by Gasteiger charge is -2.19. The molecule has 1 fully saturated rings. The first kappa shape index (κ1) is 13.5. The predicted molar refractivity (Wildman–Crippen MR) is 66.8 cm³/mol. The molecule has 1 N–H and O–H groups in total. The lowest BCUT2D eigenvalue weighted by atomic mass is 10.3. The second-order valence-corrected chi connectivity index (χ2v) is 4.44. The van der Waals surface area contributed by atoms with Crippen LogP contribution in [0.25, 0.3) is 0 Å². The first-order valence-electron chi connectivity index (χ1n) is 5.62. The largest absolute Gasteiger partial charge is 0.391 e. The minimum absolute atomic E-state index is 0.0183. The number of aromatic nitrogens is 2. The summed E-state index contributed by atoms with van der Waals surface area (Å²) in [6, 6.07) is 0. The maximum atomic E-state index is 9.35. The molecule has 7 heteroatoms. The molecule has 0 radical (unpaired) electrons. The van der Waals surface area contributed by atoms with Gasteiger partial charge in [0, 0.05) is 27.3 Å². The molecule has 0 spiro atoms. The van der Waals surface area contributed by atoms with E-state index in [0.29, 0.717) is 24.5 Å². The number of ether oxygens (including phenoxy) is 2. The van der Waals surface area contributed by atoms with Crippen molar-refractivity contribution in [3.05, 3.63) is 17.0 Å². The Bertz CT molecular complexity index is 407. The normalized spacial score (nSPS) is 23.7. The quantitative estimate of drug-likeness (QED) is 0.805. The molecule has 1 aromatic heterocycles. The highest BCUT2D eigenvalue weighted by atomic mass is 35.5. The molecule has 2 rings (SSSR count). The number of hydrogen-bond acceptors (Lipinski definition) is 6. The third kappa shape index (κ3) is 2.42. The molecule has 6 nitrogen and oxygen atoms in total. The monoisotopic (exact) mass is 273 g/mol. The average Bonchev–Trinajstić information content (AvgIpc) is 2.81. The summed E-state index contributed by atoms with van der Waals surface area (Å²) in [7, 11) is 3.31. The molecule has 0 aromatic carbocycles. The molecule has 1 aliphatic rings. The van der Waals surface area contributed by atoms with Crippen LogP contribution in [0, 0.1) is 0 Å². The van der Waals surface area contributed by atoms with Gasteiger partial charge < -0.3 is 19.5 Å². The van der Waals surface area contributed by atoms with E-state index in [1.54, 1.807) is 14.2 Å². The molecule has 0 saturated carbocycles. The highest BCUT2D eigenvalue weighted by Gasteiger charge is 2.34. The van der Waals surface area contributed by atoms with Crippen molar-refractivity contribution in [2.45, 2.75) is 18.8 Å². The highest BCUT2D eigenvalue weighted by molar-refractivity contribution is 6.30. The standard InChI is InChI=1S/C11H16ClN3O3/c1-17-8-3-15(4-9(8)18-2)11-7(5-16)10(12)13-6-14-11/h6,8-9,16H,3-5H2,1-2H3. The van der Waals surface area contributed by atoms with E-state index < -0.39 is 0 Å². The summed E-state index contributed by atoms with van der Waals surface area (Å²) in [5, 5.41) is 9.63. The van der Waals surface area contributed by atoms with Crippen molar-refractivity contribution >= 4 is 17.4 Å². The Balaban J connectivity index is 2.25. The summed E-state index contributed by atoms with van der Waals surface area (Å²) in [5.74, 6) is 0.638. The van der Waals surface area contributed by atoms with Crippen LogP contribution in [-0.2, 0) is 16.1 Å². The highest BCUT2D eigenvalue weighted by Crippen LogP contribution is 2.27. The van der Waals surface area contributed by atoms with Crippen molar-refractivity contribution in [1.29, 1.82) is 0 Å². The fraction of sp³-hybridized carbons (Fsp3) is 0.636. The van der Waals surface area contributed by atoms with Crippen molar-refractivity contribution in [3.63, 3.8) is 0 Å². The van der Waals surface area contributed by atoms with Crippen LogP contribution in [-0.4, -0.2) is 54.6 Å². The van der Waals surface area contributed by atoms with Gasteiger partial charge in [-0.25, -0.2) is 9.97 Å². The van der Waals surface area contributed by atoms with E-state index in [4.69, 9.17) is 21.1 Å². The molecule has 2 heterocycles. The van der Waals surface area contributed by atoms with Gasteiger partial charge in [-0.1, -0.05) is 11.6 Å². The van der Waals surface area contributed by atoms with Crippen molar-refractivity contribution in [3.8, 4) is 0 Å². The summed E-state index contributed by atoms with van der Waals surface area (Å²) in [6.45, 7) is 1.10. The van der Waals surface area contributed by atoms with Gasteiger partial charge in [0.15, 0.2) is 0 Å². The molecule has 0 aliphatic carbocycles. The molecule has 18 heavy (non-hydrogen) atoms. The number of hydrogen-bond donors (Lipinski definition) is 1. The van der Waals surface area contributed by atoms with Gasteiger partial charge in [0.05, 0.1) is 12.2 Å². The SMILES string of the molecule is COC1CN(c2ncnc(Cl)c2CO)CC1OC.